The van der Waals surface area contributed by atoms with Gasteiger partial charge in [-0.3, -0.25) is 0 Å². The number of hydrogen-bond donors (Lipinski definition) is 0. The van der Waals surface area contributed by atoms with Gasteiger partial charge in [0.1, 0.15) is 0 Å². The number of hydrogen-bond acceptors (Lipinski definition) is 0. The summed E-state index contributed by atoms with van der Waals surface area (Å²) in [5.74, 6) is 0. The second-order valence-corrected chi connectivity index (χ2v) is 5.58. The summed E-state index contributed by atoms with van der Waals surface area (Å²) in [6.45, 7) is 4.54. The molecule has 0 N–H and O–H groups in total. The van der Waals surface area contributed by atoms with E-state index in [4.69, 9.17) is 0 Å². The molecule has 1 aromatic carbocycles. The Bertz CT molecular complexity index is 314. The Balaban J connectivity index is 2.08. The van der Waals surface area contributed by atoms with E-state index >= 15 is 0 Å². The molecule has 1 aliphatic rings. The molecular weight excluding hydrogens is 192 g/mol. The molecular formula is C16H24. The summed E-state index contributed by atoms with van der Waals surface area (Å²) in [4.78, 5) is 0. The predicted molar refractivity (Wildman–Crippen MR) is 70.7 cm³/mol. The van der Waals surface area contributed by atoms with E-state index in [-0.39, 0.29) is 0 Å². The first kappa shape index (κ1) is 11.7. The van der Waals surface area contributed by atoms with Gasteiger partial charge in [-0.05, 0) is 37.2 Å². The summed E-state index contributed by atoms with van der Waals surface area (Å²) in [6.07, 6.45) is 9.87. The largest absolute Gasteiger partial charge is 0.0648 e. The molecule has 88 valence electrons. The van der Waals surface area contributed by atoms with Crippen molar-refractivity contribution in [2.45, 2.75) is 58.8 Å². The van der Waals surface area contributed by atoms with Crippen molar-refractivity contribution in [3.05, 3.63) is 35.4 Å². The summed E-state index contributed by atoms with van der Waals surface area (Å²) in [5, 5.41) is 0. The highest BCUT2D eigenvalue weighted by molar-refractivity contribution is 5.22. The van der Waals surface area contributed by atoms with E-state index in [1.165, 1.54) is 56.1 Å². The van der Waals surface area contributed by atoms with Gasteiger partial charge in [-0.2, -0.15) is 0 Å². The Labute approximate surface area is 100 Å². The Morgan fingerprint density at radius 3 is 2.19 bits per heavy atom. The van der Waals surface area contributed by atoms with E-state index in [1.54, 1.807) is 0 Å². The summed E-state index contributed by atoms with van der Waals surface area (Å²) < 4.78 is 0. The van der Waals surface area contributed by atoms with Gasteiger partial charge in [0.15, 0.2) is 0 Å². The fourth-order valence-electron chi connectivity index (χ4n) is 3.10. The molecule has 0 heteroatoms. The minimum atomic E-state index is 0.619. The minimum absolute atomic E-state index is 0.619. The number of aryl methyl sites for hydroxylation is 1. The average Bonchev–Trinajstić information content (AvgIpc) is 2.33. The molecule has 0 unspecified atom stereocenters. The topological polar surface area (TPSA) is 0 Å². The molecule has 0 atom stereocenters. The molecule has 0 saturated heterocycles. The number of benzene rings is 1. The molecule has 0 heterocycles. The maximum Gasteiger partial charge on any atom is -0.0222 e. The lowest BCUT2D eigenvalue weighted by Crippen LogP contribution is -2.25. The normalized spacial score (nSPS) is 19.6. The van der Waals surface area contributed by atoms with Crippen LogP contribution in [0.4, 0.5) is 0 Å². The molecule has 1 saturated carbocycles. The molecule has 0 spiro atoms. The lowest BCUT2D eigenvalue weighted by molar-refractivity contribution is 0.179. The molecule has 1 fully saturated rings. The standard InChI is InChI=1S/C16H24/c1-3-16(11-5-4-6-12-16)13-15-9-7-14(2)8-10-15/h7-10H,3-6,11-13H2,1-2H3. The fraction of sp³-hybridized carbons (Fsp3) is 0.625. The SMILES string of the molecule is CCC1(Cc2ccc(C)cc2)CCCCC1. The van der Waals surface area contributed by atoms with Gasteiger partial charge in [0.2, 0.25) is 0 Å². The molecule has 0 bridgehead atoms. The van der Waals surface area contributed by atoms with Crippen LogP contribution in [0.3, 0.4) is 0 Å². The van der Waals surface area contributed by atoms with Gasteiger partial charge in [-0.25, -0.2) is 0 Å². The second kappa shape index (κ2) is 5.03. The van der Waals surface area contributed by atoms with Crippen molar-refractivity contribution in [1.82, 2.24) is 0 Å². The summed E-state index contributed by atoms with van der Waals surface area (Å²) >= 11 is 0. The first-order valence-corrected chi connectivity index (χ1v) is 6.80. The minimum Gasteiger partial charge on any atom is -0.0648 e. The third-order valence-electron chi connectivity index (χ3n) is 4.36. The second-order valence-electron chi connectivity index (χ2n) is 5.58. The zero-order chi connectivity index (χ0) is 11.4. The van der Waals surface area contributed by atoms with Crippen LogP contribution < -0.4 is 0 Å². The zero-order valence-electron chi connectivity index (χ0n) is 10.8. The molecule has 0 amide bonds. The van der Waals surface area contributed by atoms with Crippen molar-refractivity contribution in [2.24, 2.45) is 5.41 Å². The maximum absolute atomic E-state index is 2.37. The van der Waals surface area contributed by atoms with E-state index in [1.807, 2.05) is 0 Å². The smallest absolute Gasteiger partial charge is 0.0222 e. The highest BCUT2D eigenvalue weighted by Crippen LogP contribution is 2.41. The lowest BCUT2D eigenvalue weighted by atomic mass is 9.69. The molecule has 16 heavy (non-hydrogen) atoms. The maximum atomic E-state index is 2.37. The third-order valence-corrected chi connectivity index (χ3v) is 4.36. The van der Waals surface area contributed by atoms with Gasteiger partial charge in [0.05, 0.1) is 0 Å². The predicted octanol–water partition coefficient (Wildman–Crippen LogP) is 4.90. The van der Waals surface area contributed by atoms with Crippen LogP contribution in [0.1, 0.15) is 56.6 Å². The van der Waals surface area contributed by atoms with Gasteiger partial charge in [-0.15, -0.1) is 0 Å². The average molecular weight is 216 g/mol. The Morgan fingerprint density at radius 2 is 1.62 bits per heavy atom. The van der Waals surface area contributed by atoms with Crippen molar-refractivity contribution in [1.29, 1.82) is 0 Å². The number of rotatable bonds is 3. The lowest BCUT2D eigenvalue weighted by Gasteiger charge is -2.36. The zero-order valence-corrected chi connectivity index (χ0v) is 10.8. The molecule has 1 aliphatic carbocycles. The van der Waals surface area contributed by atoms with Crippen LogP contribution >= 0.6 is 0 Å². The van der Waals surface area contributed by atoms with Gasteiger partial charge in [0, 0.05) is 0 Å². The summed E-state index contributed by atoms with van der Waals surface area (Å²) in [6, 6.07) is 9.14. The van der Waals surface area contributed by atoms with Gasteiger partial charge >= 0.3 is 0 Å². The van der Waals surface area contributed by atoms with Gasteiger partial charge in [-0.1, -0.05) is 62.4 Å². The van der Waals surface area contributed by atoms with E-state index in [9.17, 15) is 0 Å². The van der Waals surface area contributed by atoms with Crippen LogP contribution in [0.25, 0.3) is 0 Å². The van der Waals surface area contributed by atoms with Crippen LogP contribution in [0.2, 0.25) is 0 Å². The van der Waals surface area contributed by atoms with Gasteiger partial charge in [0.25, 0.3) is 0 Å². The third kappa shape index (κ3) is 2.66. The Hall–Kier alpha value is -0.780. The molecule has 0 aliphatic heterocycles. The fourth-order valence-corrected chi connectivity index (χ4v) is 3.10. The van der Waals surface area contributed by atoms with Crippen molar-refractivity contribution in [3.8, 4) is 0 Å². The van der Waals surface area contributed by atoms with E-state index in [0.29, 0.717) is 5.41 Å². The van der Waals surface area contributed by atoms with Crippen LogP contribution in [-0.2, 0) is 6.42 Å². The van der Waals surface area contributed by atoms with Crippen LogP contribution in [0.15, 0.2) is 24.3 Å². The Morgan fingerprint density at radius 1 is 1.00 bits per heavy atom. The van der Waals surface area contributed by atoms with Crippen molar-refractivity contribution in [3.63, 3.8) is 0 Å². The molecule has 0 nitrogen and oxygen atoms in total. The van der Waals surface area contributed by atoms with Crippen molar-refractivity contribution >= 4 is 0 Å². The van der Waals surface area contributed by atoms with Gasteiger partial charge < -0.3 is 0 Å². The Kier molecular flexibility index (Phi) is 3.68. The summed E-state index contributed by atoms with van der Waals surface area (Å²) in [5.41, 5.74) is 3.53. The van der Waals surface area contributed by atoms with Crippen LogP contribution in [0.5, 0.6) is 0 Å². The van der Waals surface area contributed by atoms with Crippen LogP contribution in [0, 0.1) is 12.3 Å². The highest BCUT2D eigenvalue weighted by Gasteiger charge is 2.29. The van der Waals surface area contributed by atoms with Crippen LogP contribution in [-0.4, -0.2) is 0 Å². The molecule has 0 radical (unpaired) electrons. The molecule has 1 aromatic rings. The van der Waals surface area contributed by atoms with E-state index < -0.39 is 0 Å². The summed E-state index contributed by atoms with van der Waals surface area (Å²) in [7, 11) is 0. The first-order chi connectivity index (χ1) is 7.74. The van der Waals surface area contributed by atoms with Crippen molar-refractivity contribution < 1.29 is 0 Å². The monoisotopic (exact) mass is 216 g/mol. The molecule has 0 aromatic heterocycles. The highest BCUT2D eigenvalue weighted by atomic mass is 14.3. The van der Waals surface area contributed by atoms with Crippen molar-refractivity contribution in [2.75, 3.05) is 0 Å². The van der Waals surface area contributed by atoms with E-state index in [2.05, 4.69) is 38.1 Å². The first-order valence-electron chi connectivity index (χ1n) is 6.80. The quantitative estimate of drug-likeness (QED) is 0.674. The molecule has 2 rings (SSSR count). The van der Waals surface area contributed by atoms with E-state index in [0.717, 1.165) is 0 Å².